The second-order valence-corrected chi connectivity index (χ2v) is 3.94. The van der Waals surface area contributed by atoms with E-state index in [2.05, 4.69) is 17.3 Å². The molecule has 0 amide bonds. The molecule has 2 fully saturated rings. The van der Waals surface area contributed by atoms with Crippen LogP contribution in [0.25, 0.3) is 0 Å². The topological polar surface area (TPSA) is 15.3 Å². The van der Waals surface area contributed by atoms with Crippen molar-refractivity contribution < 1.29 is 0 Å². The van der Waals surface area contributed by atoms with Crippen LogP contribution in [0, 0.1) is 5.92 Å². The lowest BCUT2D eigenvalue weighted by atomic mass is 9.98. The molecule has 0 unspecified atom stereocenters. The molecule has 2 atom stereocenters. The highest BCUT2D eigenvalue weighted by molar-refractivity contribution is 4.88. The van der Waals surface area contributed by atoms with Crippen LogP contribution in [0.4, 0.5) is 0 Å². The number of nitrogens with one attached hydrogen (secondary N) is 1. The van der Waals surface area contributed by atoms with Crippen LogP contribution in [0.5, 0.6) is 0 Å². The van der Waals surface area contributed by atoms with Crippen molar-refractivity contribution in [2.75, 3.05) is 26.7 Å². The molecule has 2 heterocycles. The smallest absolute Gasteiger partial charge is 0.0133 e. The maximum absolute atomic E-state index is 3.51. The molecular formula is C9H18N2. The molecular weight excluding hydrogens is 136 g/mol. The van der Waals surface area contributed by atoms with Crippen LogP contribution in [0.2, 0.25) is 0 Å². The van der Waals surface area contributed by atoms with Crippen molar-refractivity contribution >= 4 is 0 Å². The molecule has 0 aromatic heterocycles. The third kappa shape index (κ3) is 1.42. The fourth-order valence-corrected chi connectivity index (χ4v) is 2.51. The minimum atomic E-state index is 0.894. The molecule has 0 radical (unpaired) electrons. The summed E-state index contributed by atoms with van der Waals surface area (Å²) in [7, 11) is 2.27. The van der Waals surface area contributed by atoms with Gasteiger partial charge >= 0.3 is 0 Å². The van der Waals surface area contributed by atoms with Gasteiger partial charge < -0.3 is 10.2 Å². The van der Waals surface area contributed by atoms with E-state index in [0.29, 0.717) is 0 Å². The van der Waals surface area contributed by atoms with Gasteiger partial charge in [-0.05, 0) is 51.9 Å². The Bertz CT molecular complexity index is 136. The minimum Gasteiger partial charge on any atom is -0.316 e. The standard InChI is InChI=1S/C9H18N2/c1-11-6-4-8-7-10-5-2-3-9(8)11/h8-10H,2-7H2,1H3/t8-,9-/m1/s1. The Morgan fingerprint density at radius 1 is 1.36 bits per heavy atom. The van der Waals surface area contributed by atoms with E-state index in [9.17, 15) is 0 Å². The third-order valence-electron chi connectivity index (χ3n) is 3.22. The first-order valence-electron chi connectivity index (χ1n) is 4.79. The lowest BCUT2D eigenvalue weighted by Crippen LogP contribution is -2.31. The van der Waals surface area contributed by atoms with E-state index >= 15 is 0 Å². The van der Waals surface area contributed by atoms with Crippen molar-refractivity contribution in [3.05, 3.63) is 0 Å². The number of fused-ring (bicyclic) bond motifs is 1. The Kier molecular flexibility index (Phi) is 2.14. The summed E-state index contributed by atoms with van der Waals surface area (Å²) in [5.74, 6) is 0.947. The first kappa shape index (κ1) is 7.56. The normalized spacial score (nSPS) is 40.1. The Labute approximate surface area is 69.0 Å². The van der Waals surface area contributed by atoms with Gasteiger partial charge in [0.15, 0.2) is 0 Å². The zero-order valence-electron chi connectivity index (χ0n) is 7.34. The second kappa shape index (κ2) is 3.11. The summed E-state index contributed by atoms with van der Waals surface area (Å²) in [6, 6.07) is 0.894. The largest absolute Gasteiger partial charge is 0.316 e. The third-order valence-corrected chi connectivity index (χ3v) is 3.22. The van der Waals surface area contributed by atoms with Crippen molar-refractivity contribution in [1.82, 2.24) is 10.2 Å². The van der Waals surface area contributed by atoms with E-state index in [-0.39, 0.29) is 0 Å². The average molecular weight is 154 g/mol. The van der Waals surface area contributed by atoms with Crippen molar-refractivity contribution in [3.8, 4) is 0 Å². The van der Waals surface area contributed by atoms with Gasteiger partial charge in [0.2, 0.25) is 0 Å². The predicted molar refractivity (Wildman–Crippen MR) is 46.6 cm³/mol. The molecule has 0 aliphatic carbocycles. The van der Waals surface area contributed by atoms with Crippen LogP contribution in [-0.2, 0) is 0 Å². The summed E-state index contributed by atoms with van der Waals surface area (Å²) < 4.78 is 0. The molecule has 2 rings (SSSR count). The van der Waals surface area contributed by atoms with Gasteiger partial charge in [0.05, 0.1) is 0 Å². The molecule has 2 aliphatic heterocycles. The van der Waals surface area contributed by atoms with Crippen LogP contribution in [-0.4, -0.2) is 37.6 Å². The van der Waals surface area contributed by atoms with Crippen LogP contribution >= 0.6 is 0 Å². The minimum absolute atomic E-state index is 0.894. The van der Waals surface area contributed by atoms with Crippen molar-refractivity contribution in [2.45, 2.75) is 25.3 Å². The first-order chi connectivity index (χ1) is 5.38. The Hall–Kier alpha value is -0.0800. The number of rotatable bonds is 0. The molecule has 0 aromatic rings. The monoisotopic (exact) mass is 154 g/mol. The molecule has 0 spiro atoms. The molecule has 2 heteroatoms. The zero-order valence-corrected chi connectivity index (χ0v) is 7.34. The van der Waals surface area contributed by atoms with Crippen LogP contribution < -0.4 is 5.32 Å². The highest BCUT2D eigenvalue weighted by atomic mass is 15.2. The molecule has 2 nitrogen and oxygen atoms in total. The van der Waals surface area contributed by atoms with Gasteiger partial charge in [-0.15, -0.1) is 0 Å². The summed E-state index contributed by atoms with van der Waals surface area (Å²) >= 11 is 0. The van der Waals surface area contributed by atoms with E-state index < -0.39 is 0 Å². The summed E-state index contributed by atoms with van der Waals surface area (Å²) in [5.41, 5.74) is 0. The lowest BCUT2D eigenvalue weighted by molar-refractivity contribution is 0.265. The van der Waals surface area contributed by atoms with Crippen LogP contribution in [0.3, 0.4) is 0 Å². The van der Waals surface area contributed by atoms with Gasteiger partial charge in [-0.2, -0.15) is 0 Å². The van der Waals surface area contributed by atoms with Gasteiger partial charge in [0.1, 0.15) is 0 Å². The Morgan fingerprint density at radius 2 is 2.27 bits per heavy atom. The number of hydrogen-bond donors (Lipinski definition) is 1. The fraction of sp³-hybridized carbons (Fsp3) is 1.00. The van der Waals surface area contributed by atoms with Crippen molar-refractivity contribution in [2.24, 2.45) is 5.92 Å². The van der Waals surface area contributed by atoms with Gasteiger partial charge in [-0.3, -0.25) is 0 Å². The van der Waals surface area contributed by atoms with Crippen molar-refractivity contribution in [3.63, 3.8) is 0 Å². The summed E-state index contributed by atoms with van der Waals surface area (Å²) in [4.78, 5) is 2.54. The first-order valence-corrected chi connectivity index (χ1v) is 4.79. The van der Waals surface area contributed by atoms with Gasteiger partial charge in [-0.1, -0.05) is 0 Å². The van der Waals surface area contributed by atoms with Gasteiger partial charge in [0, 0.05) is 6.04 Å². The fourth-order valence-electron chi connectivity index (χ4n) is 2.51. The van der Waals surface area contributed by atoms with E-state index in [0.717, 1.165) is 12.0 Å². The molecule has 0 aromatic carbocycles. The Morgan fingerprint density at radius 3 is 3.18 bits per heavy atom. The SMILES string of the molecule is CN1CC[C@@H]2CNCCC[C@H]21. The summed E-state index contributed by atoms with van der Waals surface area (Å²) in [6.45, 7) is 3.81. The van der Waals surface area contributed by atoms with E-state index in [1.54, 1.807) is 0 Å². The molecule has 2 saturated heterocycles. The van der Waals surface area contributed by atoms with Crippen molar-refractivity contribution in [1.29, 1.82) is 0 Å². The lowest BCUT2D eigenvalue weighted by Gasteiger charge is -2.21. The quantitative estimate of drug-likeness (QED) is 0.552. The predicted octanol–water partition coefficient (Wildman–Crippen LogP) is 0.690. The average Bonchev–Trinajstić information content (AvgIpc) is 2.25. The maximum Gasteiger partial charge on any atom is 0.0133 e. The second-order valence-electron chi connectivity index (χ2n) is 3.94. The van der Waals surface area contributed by atoms with Crippen LogP contribution in [0.1, 0.15) is 19.3 Å². The van der Waals surface area contributed by atoms with Crippen LogP contribution in [0.15, 0.2) is 0 Å². The molecule has 1 N–H and O–H groups in total. The molecule has 0 bridgehead atoms. The maximum atomic E-state index is 3.51. The summed E-state index contributed by atoms with van der Waals surface area (Å²) in [6.07, 6.45) is 4.19. The zero-order chi connectivity index (χ0) is 7.68. The highest BCUT2D eigenvalue weighted by Gasteiger charge is 2.31. The molecule has 0 saturated carbocycles. The van der Waals surface area contributed by atoms with Gasteiger partial charge in [-0.25, -0.2) is 0 Å². The molecule has 64 valence electrons. The van der Waals surface area contributed by atoms with E-state index in [4.69, 9.17) is 0 Å². The van der Waals surface area contributed by atoms with Gasteiger partial charge in [0.25, 0.3) is 0 Å². The number of likely N-dealkylation sites (tertiary alicyclic amines) is 1. The summed E-state index contributed by atoms with van der Waals surface area (Å²) in [5, 5.41) is 3.51. The Balaban J connectivity index is 2.00. The molecule has 11 heavy (non-hydrogen) atoms. The number of hydrogen-bond acceptors (Lipinski definition) is 2. The number of nitrogens with zero attached hydrogens (tertiary/aromatic N) is 1. The highest BCUT2D eigenvalue weighted by Crippen LogP contribution is 2.26. The van der Waals surface area contributed by atoms with E-state index in [1.165, 1.54) is 38.9 Å². The van der Waals surface area contributed by atoms with E-state index in [1.807, 2.05) is 0 Å². The molecule has 2 aliphatic rings.